The van der Waals surface area contributed by atoms with Crippen LogP contribution in [-0.2, 0) is 5.41 Å². The first-order chi connectivity index (χ1) is 21.6. The molecule has 0 atom stereocenters. The molecule has 9 rings (SSSR count). The summed E-state index contributed by atoms with van der Waals surface area (Å²) in [4.78, 5) is 5.09. The molecule has 0 aliphatic heterocycles. The van der Waals surface area contributed by atoms with E-state index >= 15 is 0 Å². The summed E-state index contributed by atoms with van der Waals surface area (Å²) >= 11 is 0. The van der Waals surface area contributed by atoms with Gasteiger partial charge in [-0.25, -0.2) is 4.98 Å². The number of allylic oxidation sites excluding steroid dienone is 2. The first kappa shape index (κ1) is 25.1. The minimum Gasteiger partial charge on any atom is -0.309 e. The summed E-state index contributed by atoms with van der Waals surface area (Å²) in [5.74, 6) is 0.952. The lowest BCUT2D eigenvalue weighted by Crippen LogP contribution is -2.14. The quantitative estimate of drug-likeness (QED) is 0.209. The zero-order valence-corrected chi connectivity index (χ0v) is 24.8. The summed E-state index contributed by atoms with van der Waals surface area (Å²) in [5.41, 5.74) is 13.4. The van der Waals surface area contributed by atoms with Gasteiger partial charge in [0.2, 0.25) is 0 Å². The maximum atomic E-state index is 5.09. The highest BCUT2D eigenvalue weighted by Crippen LogP contribution is 2.51. The molecule has 44 heavy (non-hydrogen) atoms. The van der Waals surface area contributed by atoms with E-state index in [9.17, 15) is 0 Å². The fourth-order valence-corrected chi connectivity index (χ4v) is 7.40. The van der Waals surface area contributed by atoms with Gasteiger partial charge in [0.15, 0.2) is 0 Å². The molecule has 0 bridgehead atoms. The van der Waals surface area contributed by atoms with E-state index in [0.717, 1.165) is 40.6 Å². The zero-order valence-electron chi connectivity index (χ0n) is 24.8. The van der Waals surface area contributed by atoms with E-state index in [-0.39, 0.29) is 5.41 Å². The number of imidazole rings is 1. The van der Waals surface area contributed by atoms with E-state index in [1.54, 1.807) is 0 Å². The summed E-state index contributed by atoms with van der Waals surface area (Å²) in [6.45, 7) is 4.71. The van der Waals surface area contributed by atoms with Crippen LogP contribution in [0.15, 0.2) is 127 Å². The lowest BCUT2D eigenvalue weighted by Gasteiger charge is -2.21. The molecule has 0 spiro atoms. The van der Waals surface area contributed by atoms with Gasteiger partial charge in [0, 0.05) is 33.1 Å². The maximum Gasteiger partial charge on any atom is 0.145 e. The predicted molar refractivity (Wildman–Crippen MR) is 184 cm³/mol. The third kappa shape index (κ3) is 3.53. The Balaban J connectivity index is 1.25. The van der Waals surface area contributed by atoms with Gasteiger partial charge in [0.05, 0.1) is 22.4 Å². The lowest BCUT2D eigenvalue weighted by molar-refractivity contribution is 0.661. The van der Waals surface area contributed by atoms with Crippen LogP contribution in [0.2, 0.25) is 0 Å². The van der Waals surface area contributed by atoms with E-state index in [2.05, 4.69) is 163 Å². The van der Waals surface area contributed by atoms with E-state index in [4.69, 9.17) is 4.98 Å². The van der Waals surface area contributed by atoms with Gasteiger partial charge < -0.3 is 4.57 Å². The maximum absolute atomic E-state index is 5.09. The molecule has 0 fully saturated rings. The third-order valence-electron chi connectivity index (χ3n) is 9.54. The van der Waals surface area contributed by atoms with Crippen LogP contribution < -0.4 is 0 Å². The molecule has 0 saturated heterocycles. The van der Waals surface area contributed by atoms with Crippen molar-refractivity contribution in [3.8, 4) is 33.9 Å². The van der Waals surface area contributed by atoms with Gasteiger partial charge >= 0.3 is 0 Å². The molecule has 210 valence electrons. The molecule has 3 nitrogen and oxygen atoms in total. The number of benzene rings is 5. The summed E-state index contributed by atoms with van der Waals surface area (Å²) in [6, 6.07) is 42.0. The molecule has 0 saturated carbocycles. The molecule has 5 aromatic carbocycles. The summed E-state index contributed by atoms with van der Waals surface area (Å²) in [7, 11) is 0. The minimum absolute atomic E-state index is 0.0338. The van der Waals surface area contributed by atoms with Crippen molar-refractivity contribution in [3.63, 3.8) is 0 Å². The smallest absolute Gasteiger partial charge is 0.145 e. The molecule has 0 amide bonds. The molecule has 2 aliphatic carbocycles. The number of hydrogen-bond donors (Lipinski definition) is 0. The van der Waals surface area contributed by atoms with Crippen LogP contribution in [0.5, 0.6) is 0 Å². The van der Waals surface area contributed by atoms with Crippen molar-refractivity contribution in [2.75, 3.05) is 0 Å². The number of fused-ring (bicyclic) bond motifs is 7. The van der Waals surface area contributed by atoms with Crippen LogP contribution in [0, 0.1) is 0 Å². The molecular formula is C41H31N3. The van der Waals surface area contributed by atoms with Crippen molar-refractivity contribution < 1.29 is 0 Å². The Bertz CT molecular complexity index is 2310. The second-order valence-corrected chi connectivity index (χ2v) is 12.4. The number of nitrogens with zero attached hydrogens (tertiary/aromatic N) is 3. The fourth-order valence-electron chi connectivity index (χ4n) is 7.40. The fraction of sp³-hybridized carbons (Fsp3) is 0.0976. The largest absolute Gasteiger partial charge is 0.309 e. The van der Waals surface area contributed by atoms with Crippen LogP contribution in [-0.4, -0.2) is 14.1 Å². The Labute approximate surface area is 257 Å². The Kier molecular flexibility index (Phi) is 5.31. The van der Waals surface area contributed by atoms with Crippen molar-refractivity contribution >= 4 is 34.0 Å². The van der Waals surface area contributed by atoms with Gasteiger partial charge in [-0.1, -0.05) is 98.8 Å². The van der Waals surface area contributed by atoms with Crippen molar-refractivity contribution in [2.45, 2.75) is 25.7 Å². The van der Waals surface area contributed by atoms with E-state index in [1.807, 2.05) is 0 Å². The van der Waals surface area contributed by atoms with Gasteiger partial charge in [-0.2, -0.15) is 0 Å². The van der Waals surface area contributed by atoms with E-state index in [0.29, 0.717) is 0 Å². The molecule has 2 aliphatic rings. The average molecular weight is 566 g/mol. The molecule has 0 radical (unpaired) electrons. The van der Waals surface area contributed by atoms with Crippen LogP contribution >= 0.6 is 0 Å². The Morgan fingerprint density at radius 2 is 1.30 bits per heavy atom. The third-order valence-corrected chi connectivity index (χ3v) is 9.54. The second kappa shape index (κ2) is 9.29. The van der Waals surface area contributed by atoms with Gasteiger partial charge in [0.25, 0.3) is 0 Å². The Morgan fingerprint density at radius 3 is 2.14 bits per heavy atom. The monoisotopic (exact) mass is 565 g/mol. The average Bonchev–Trinajstić information content (AvgIpc) is 3.58. The van der Waals surface area contributed by atoms with Crippen molar-refractivity contribution in [3.05, 3.63) is 150 Å². The highest BCUT2D eigenvalue weighted by Gasteiger charge is 2.36. The van der Waals surface area contributed by atoms with Crippen LogP contribution in [0.1, 0.15) is 42.8 Å². The van der Waals surface area contributed by atoms with Crippen LogP contribution in [0.3, 0.4) is 0 Å². The normalized spacial score (nSPS) is 14.5. The lowest BCUT2D eigenvalue weighted by atomic mass is 9.82. The number of para-hydroxylation sites is 1. The second-order valence-electron chi connectivity index (χ2n) is 12.4. The topological polar surface area (TPSA) is 22.8 Å². The van der Waals surface area contributed by atoms with Crippen LogP contribution in [0.4, 0.5) is 0 Å². The first-order valence-electron chi connectivity index (χ1n) is 15.4. The molecule has 2 heterocycles. The highest BCUT2D eigenvalue weighted by atomic mass is 15.1. The van der Waals surface area contributed by atoms with Gasteiger partial charge in [-0.05, 0) is 83.3 Å². The Morgan fingerprint density at radius 1 is 0.591 bits per heavy atom. The molecule has 2 aromatic heterocycles. The van der Waals surface area contributed by atoms with Crippen molar-refractivity contribution in [1.29, 1.82) is 0 Å². The molecular weight excluding hydrogens is 534 g/mol. The Hall–Kier alpha value is -5.41. The van der Waals surface area contributed by atoms with Gasteiger partial charge in [-0.15, -0.1) is 0 Å². The molecule has 0 N–H and O–H groups in total. The van der Waals surface area contributed by atoms with Gasteiger partial charge in [0.1, 0.15) is 5.82 Å². The predicted octanol–water partition coefficient (Wildman–Crippen LogP) is 10.4. The van der Waals surface area contributed by atoms with Crippen molar-refractivity contribution in [1.82, 2.24) is 14.1 Å². The summed E-state index contributed by atoms with van der Waals surface area (Å²) in [6.07, 6.45) is 9.64. The number of hydrogen-bond acceptors (Lipinski definition) is 1. The van der Waals surface area contributed by atoms with Gasteiger partial charge in [-0.3, -0.25) is 4.57 Å². The minimum atomic E-state index is -0.0338. The number of rotatable bonds is 3. The summed E-state index contributed by atoms with van der Waals surface area (Å²) in [5, 5.41) is 2.58. The first-order valence-corrected chi connectivity index (χ1v) is 15.4. The standard InChI is InChI=1S/C41H31N3/c1-41(2)34-17-11-9-15-30(34)32-26-39-33(25-35(32)41)31-16-10-12-19-37(31)43(39)28-21-23-29(24-22-28)44-38-20-8-4-7-18-36(38)42-40(44)27-13-5-3-6-14-27/h3,5-26H,4H2,1-2H3. The molecule has 3 heteroatoms. The SMILES string of the molecule is CC1(C)c2ccccc2-c2cc3c(cc21)c1ccccc1n3-c1ccc(-n2c(-c3ccccc3)nc3c2C=CCC=C3)cc1. The van der Waals surface area contributed by atoms with E-state index < -0.39 is 0 Å². The zero-order chi connectivity index (χ0) is 29.4. The van der Waals surface area contributed by atoms with Crippen molar-refractivity contribution in [2.24, 2.45) is 0 Å². The molecule has 7 aromatic rings. The van der Waals surface area contributed by atoms with Crippen LogP contribution in [0.25, 0.3) is 67.8 Å². The van der Waals surface area contributed by atoms with E-state index in [1.165, 1.54) is 44.1 Å². The molecule has 0 unspecified atom stereocenters. The summed E-state index contributed by atoms with van der Waals surface area (Å²) < 4.78 is 4.72. The highest BCUT2D eigenvalue weighted by molar-refractivity contribution is 6.11. The number of aromatic nitrogens is 3.